The van der Waals surface area contributed by atoms with Gasteiger partial charge >= 0.3 is 24.1 Å². The monoisotopic (exact) mass is 996 g/mol. The van der Waals surface area contributed by atoms with Crippen LogP contribution in [-0.2, 0) is 22.4 Å². The van der Waals surface area contributed by atoms with Crippen LogP contribution in [0.5, 0.6) is 6.01 Å². The van der Waals surface area contributed by atoms with Crippen molar-refractivity contribution in [2.45, 2.75) is 105 Å². The van der Waals surface area contributed by atoms with Crippen molar-refractivity contribution in [2.24, 2.45) is 10.8 Å². The zero-order valence-corrected chi connectivity index (χ0v) is 41.0. The van der Waals surface area contributed by atoms with Crippen molar-refractivity contribution in [2.75, 3.05) is 7.11 Å². The van der Waals surface area contributed by atoms with Crippen LogP contribution in [0.25, 0.3) is 45.6 Å². The number of nitrogens with zero attached hydrogens (tertiary/aromatic N) is 5. The Hall–Kier alpha value is -6.00. The van der Waals surface area contributed by atoms with Gasteiger partial charge in [-0.2, -0.15) is 41.3 Å². The fourth-order valence-electron chi connectivity index (χ4n) is 6.64. The van der Waals surface area contributed by atoms with Crippen molar-refractivity contribution >= 4 is 34.8 Å². The molecular weight excluding hydrogens is 945 g/mol. The molecule has 2 aromatic heterocycles. The van der Waals surface area contributed by atoms with E-state index < -0.39 is 40.4 Å². The molecule has 0 aliphatic carbocycles. The van der Waals surface area contributed by atoms with Crippen molar-refractivity contribution in [1.29, 1.82) is 0 Å². The maximum Gasteiger partial charge on any atom is 0.400 e. The Morgan fingerprint density at radius 1 is 0.580 bits per heavy atom. The van der Waals surface area contributed by atoms with Crippen molar-refractivity contribution < 1.29 is 40.7 Å². The van der Waals surface area contributed by atoms with Crippen LogP contribution in [0.2, 0.25) is 10.0 Å². The normalized spacial score (nSPS) is 12.2. The number of methoxy groups -OCH3 is 1. The third-order valence-corrected chi connectivity index (χ3v) is 12.4. The first kappa shape index (κ1) is 53.9. The molecule has 2 heterocycles. The van der Waals surface area contributed by atoms with Gasteiger partial charge in [0.25, 0.3) is 0 Å². The Balaban J connectivity index is 0.000000258. The molecule has 0 saturated heterocycles. The Bertz CT molecular complexity index is 2850. The second-order valence-corrected chi connectivity index (χ2v) is 18.9. The number of aryl methyl sites for hydroxylation is 2. The molecule has 4 aromatic carbocycles. The van der Waals surface area contributed by atoms with Crippen LogP contribution < -0.4 is 10.4 Å². The quantitative estimate of drug-likeness (QED) is 0.0995. The van der Waals surface area contributed by atoms with Gasteiger partial charge < -0.3 is 4.74 Å². The minimum atomic E-state index is -4.63. The number of hydrogen-bond donors (Lipinski definition) is 1. The molecule has 0 spiro atoms. The fraction of sp³-hybridized carbons (Fsp3) is 0.373. The maximum atomic E-state index is 13.2. The van der Waals surface area contributed by atoms with E-state index in [4.69, 9.17) is 27.9 Å². The molecule has 1 N–H and O–H groups in total. The first-order valence-corrected chi connectivity index (χ1v) is 22.6. The number of Topliss-reactive ketones (excluding diaryl/α,β-unsaturated/α-hetero) is 2. The van der Waals surface area contributed by atoms with Crippen molar-refractivity contribution in [1.82, 2.24) is 29.9 Å². The molecular formula is C51H52Cl2F6N6O4. The summed E-state index contributed by atoms with van der Waals surface area (Å²) in [5, 5.41) is 0.645. The van der Waals surface area contributed by atoms with E-state index in [9.17, 15) is 40.7 Å². The highest BCUT2D eigenvalue weighted by Gasteiger charge is 2.52. The molecule has 18 heteroatoms. The Kier molecular flexibility index (Phi) is 17.0. The Morgan fingerprint density at radius 2 is 0.986 bits per heavy atom. The van der Waals surface area contributed by atoms with E-state index in [1.807, 2.05) is 48.5 Å². The number of hydrogen-bond acceptors (Lipinski definition) is 9. The summed E-state index contributed by atoms with van der Waals surface area (Å²) in [7, 11) is 1.44. The van der Waals surface area contributed by atoms with Gasteiger partial charge in [-0.25, -0.2) is 14.8 Å². The number of carbonyl (C=O) groups is 2. The average Bonchev–Trinajstić information content (AvgIpc) is 3.29. The first-order chi connectivity index (χ1) is 32.1. The second-order valence-electron chi connectivity index (χ2n) is 18.1. The van der Waals surface area contributed by atoms with Gasteiger partial charge in [0.2, 0.25) is 0 Å². The lowest BCUT2D eigenvalue weighted by atomic mass is 9.84. The zero-order valence-electron chi connectivity index (χ0n) is 39.5. The van der Waals surface area contributed by atoms with E-state index >= 15 is 0 Å². The number of carbonyl (C=O) groups excluding carboxylic acids is 2. The minimum absolute atomic E-state index is 0.0847. The fourth-order valence-corrected chi connectivity index (χ4v) is 7.05. The van der Waals surface area contributed by atoms with Crippen LogP contribution in [0.15, 0.2) is 89.7 Å². The summed E-state index contributed by atoms with van der Waals surface area (Å²) in [4.78, 5) is 60.9. The highest BCUT2D eigenvalue weighted by atomic mass is 35.5. The molecule has 0 aliphatic rings. The highest BCUT2D eigenvalue weighted by Crippen LogP contribution is 2.41. The topological polar surface area (TPSA) is 141 Å². The van der Waals surface area contributed by atoms with E-state index in [1.165, 1.54) is 12.7 Å². The van der Waals surface area contributed by atoms with E-state index in [0.29, 0.717) is 55.5 Å². The van der Waals surface area contributed by atoms with Gasteiger partial charge in [0.15, 0.2) is 17.5 Å². The van der Waals surface area contributed by atoms with Crippen LogP contribution in [0.1, 0.15) is 102 Å². The molecule has 0 radical (unpaired) electrons. The van der Waals surface area contributed by atoms with Crippen LogP contribution in [-0.4, -0.2) is 60.9 Å². The number of H-pyrrole nitrogens is 1. The van der Waals surface area contributed by atoms with Crippen LogP contribution in [0, 0.1) is 10.8 Å². The minimum Gasteiger partial charge on any atom is -0.467 e. The SMILES string of the molecule is CC(C)c1ccc(-c2nc(-c3cc(CCC(=O)C(C)(C)C(F)(F)F)ccc3Cl)[nH]c(=O)n2)cc1.COc1nc(-c2ccc(C(C)C)cc2)nc(-c2cc(CCC(=O)C(C)(C)C(F)(F)F)ccc2Cl)n1. The second kappa shape index (κ2) is 21.7. The number of ketones is 2. The summed E-state index contributed by atoms with van der Waals surface area (Å²) in [5.74, 6) is -0.00862. The summed E-state index contributed by atoms with van der Waals surface area (Å²) in [6.07, 6.45) is -9.58. The molecule has 0 bridgehead atoms. The first-order valence-electron chi connectivity index (χ1n) is 21.9. The lowest BCUT2D eigenvalue weighted by Gasteiger charge is -2.26. The van der Waals surface area contributed by atoms with Crippen molar-refractivity contribution in [3.05, 3.63) is 128 Å². The number of alkyl halides is 6. The van der Waals surface area contributed by atoms with Crippen molar-refractivity contribution in [3.63, 3.8) is 0 Å². The van der Waals surface area contributed by atoms with Crippen LogP contribution >= 0.6 is 23.2 Å². The van der Waals surface area contributed by atoms with E-state index in [-0.39, 0.29) is 49.2 Å². The van der Waals surface area contributed by atoms with Gasteiger partial charge in [0.05, 0.1) is 17.2 Å². The third kappa shape index (κ3) is 13.2. The predicted octanol–water partition coefficient (Wildman–Crippen LogP) is 13.4. The zero-order chi connectivity index (χ0) is 51.2. The van der Waals surface area contributed by atoms with Gasteiger partial charge in [-0.05, 0) is 98.9 Å². The summed E-state index contributed by atoms with van der Waals surface area (Å²) in [5.41, 5.74) is 0.356. The molecule has 366 valence electrons. The number of ether oxygens (including phenoxy) is 1. The smallest absolute Gasteiger partial charge is 0.400 e. The largest absolute Gasteiger partial charge is 0.467 e. The van der Waals surface area contributed by atoms with E-state index in [0.717, 1.165) is 38.8 Å². The molecule has 69 heavy (non-hydrogen) atoms. The molecule has 0 aliphatic heterocycles. The molecule has 6 aromatic rings. The maximum absolute atomic E-state index is 13.2. The lowest BCUT2D eigenvalue weighted by molar-refractivity contribution is -0.211. The highest BCUT2D eigenvalue weighted by molar-refractivity contribution is 6.33. The average molecular weight is 998 g/mol. The number of halogens is 8. The van der Waals surface area contributed by atoms with Gasteiger partial charge in [-0.15, -0.1) is 0 Å². The number of benzene rings is 4. The number of aromatic amines is 1. The Morgan fingerprint density at radius 3 is 1.41 bits per heavy atom. The molecule has 0 saturated carbocycles. The molecule has 0 amide bonds. The molecule has 0 atom stereocenters. The predicted molar refractivity (Wildman–Crippen MR) is 255 cm³/mol. The van der Waals surface area contributed by atoms with Gasteiger partial charge in [-0.1, -0.05) is 112 Å². The molecule has 6 rings (SSSR count). The van der Waals surface area contributed by atoms with Gasteiger partial charge in [-0.3, -0.25) is 14.6 Å². The summed E-state index contributed by atoms with van der Waals surface area (Å²) < 4.78 is 84.2. The number of aromatic nitrogens is 6. The van der Waals surface area contributed by atoms with Gasteiger partial charge in [0, 0.05) is 35.1 Å². The molecule has 0 fully saturated rings. The van der Waals surface area contributed by atoms with Crippen LogP contribution in [0.4, 0.5) is 26.3 Å². The number of nitrogens with one attached hydrogen (secondary N) is 1. The van der Waals surface area contributed by atoms with Gasteiger partial charge in [0.1, 0.15) is 28.2 Å². The Labute approximate surface area is 406 Å². The van der Waals surface area contributed by atoms with Crippen LogP contribution in [0.3, 0.4) is 0 Å². The molecule has 10 nitrogen and oxygen atoms in total. The lowest BCUT2D eigenvalue weighted by Crippen LogP contribution is -2.39. The summed E-state index contributed by atoms with van der Waals surface area (Å²) in [6, 6.07) is 25.2. The molecule has 0 unspecified atom stereocenters. The third-order valence-electron chi connectivity index (χ3n) is 11.8. The summed E-state index contributed by atoms with van der Waals surface area (Å²) in [6.45, 7) is 11.9. The summed E-state index contributed by atoms with van der Waals surface area (Å²) >= 11 is 12.8. The standard InChI is InChI=1S/C26H27ClF3N3O2.C25H25ClF3N3O2/c1-15(2)17-8-10-18(11-9-17)22-31-23(33-24(32-22)35-5)19-14-16(6-12-20(19)27)7-13-21(34)25(3,4)26(28,29)30;1-14(2)16-7-9-17(10-8-16)21-30-22(32-23(34)31-21)18-13-15(5-11-19(18)26)6-12-20(33)24(3,4)25(27,28)29/h6,8-12,14-15H,7,13H2,1-5H3;5,7-11,13-14H,6,12H2,1-4H3,(H,30,31,32,34). The van der Waals surface area contributed by atoms with E-state index in [1.54, 1.807) is 36.4 Å². The van der Waals surface area contributed by atoms with Crippen molar-refractivity contribution in [3.8, 4) is 51.6 Å². The van der Waals surface area contributed by atoms with E-state index in [2.05, 4.69) is 57.6 Å². The number of rotatable bonds is 15.